The summed E-state index contributed by atoms with van der Waals surface area (Å²) in [7, 11) is 0. The average Bonchev–Trinajstić information content (AvgIpc) is 3.08. The maximum Gasteiger partial charge on any atom is 0.265 e. The molecule has 2 aromatic rings. The third-order valence-electron chi connectivity index (χ3n) is 3.86. The molecule has 1 aromatic heterocycles. The Morgan fingerprint density at radius 3 is 2.50 bits per heavy atom. The first-order valence-corrected chi connectivity index (χ1v) is 8.81. The molecule has 0 bridgehead atoms. The van der Waals surface area contributed by atoms with E-state index in [0.29, 0.717) is 29.2 Å². The molecule has 3 rings (SSSR count). The summed E-state index contributed by atoms with van der Waals surface area (Å²) in [5, 5.41) is 4.70. The monoisotopic (exact) mass is 344 g/mol. The number of para-hydroxylation sites is 1. The van der Waals surface area contributed by atoms with Crippen LogP contribution in [-0.4, -0.2) is 42.0 Å². The van der Waals surface area contributed by atoms with Crippen LogP contribution in [0.5, 0.6) is 0 Å². The number of benzene rings is 1. The van der Waals surface area contributed by atoms with Crippen molar-refractivity contribution in [2.45, 2.75) is 26.1 Å². The van der Waals surface area contributed by atoms with Gasteiger partial charge in [0.05, 0.1) is 28.3 Å². The third-order valence-corrected chi connectivity index (χ3v) is 4.73. The number of nitrogens with one attached hydrogen (secondary N) is 1. The van der Waals surface area contributed by atoms with Gasteiger partial charge in [0, 0.05) is 13.1 Å². The van der Waals surface area contributed by atoms with E-state index in [4.69, 9.17) is 4.74 Å². The molecule has 1 aromatic carbocycles. The van der Waals surface area contributed by atoms with Crippen molar-refractivity contribution in [2.75, 3.05) is 18.4 Å². The Hall–Kier alpha value is -2.18. The molecular formula is C18H20N2O3S. The van der Waals surface area contributed by atoms with E-state index in [-0.39, 0.29) is 24.0 Å². The molecule has 5 nitrogen and oxygen atoms in total. The lowest BCUT2D eigenvalue weighted by Gasteiger charge is -2.35. The Labute approximate surface area is 145 Å². The SMILES string of the molecule is CC1CN(C(=O)c2ccccc2NC(=O)c2cccs2)CC(C)O1. The van der Waals surface area contributed by atoms with Crippen molar-refractivity contribution in [3.8, 4) is 0 Å². The summed E-state index contributed by atoms with van der Waals surface area (Å²) in [5.74, 6) is -0.284. The van der Waals surface area contributed by atoms with Crippen molar-refractivity contribution in [1.29, 1.82) is 0 Å². The number of anilines is 1. The zero-order valence-electron chi connectivity index (χ0n) is 13.7. The van der Waals surface area contributed by atoms with Crippen molar-refractivity contribution >= 4 is 28.8 Å². The smallest absolute Gasteiger partial charge is 0.265 e. The van der Waals surface area contributed by atoms with E-state index in [0.717, 1.165) is 0 Å². The summed E-state index contributed by atoms with van der Waals surface area (Å²) in [6.07, 6.45) is 0.0103. The number of carbonyl (C=O) groups is 2. The second kappa shape index (κ2) is 7.15. The fraction of sp³-hybridized carbons (Fsp3) is 0.333. The van der Waals surface area contributed by atoms with Gasteiger partial charge < -0.3 is 15.0 Å². The van der Waals surface area contributed by atoms with Crippen LogP contribution in [0, 0.1) is 0 Å². The van der Waals surface area contributed by atoms with Crippen molar-refractivity contribution in [3.05, 3.63) is 52.2 Å². The highest BCUT2D eigenvalue weighted by Gasteiger charge is 2.28. The highest BCUT2D eigenvalue weighted by Crippen LogP contribution is 2.21. The Kier molecular flexibility index (Phi) is 4.97. The zero-order valence-corrected chi connectivity index (χ0v) is 14.5. The standard InChI is InChI=1S/C18H20N2O3S/c1-12-10-20(11-13(2)23-12)18(22)14-6-3-4-7-15(14)19-17(21)16-8-5-9-24-16/h3-9,12-13H,10-11H2,1-2H3,(H,19,21). The van der Waals surface area contributed by atoms with E-state index >= 15 is 0 Å². The molecule has 0 saturated carbocycles. The lowest BCUT2D eigenvalue weighted by atomic mass is 10.1. The van der Waals surface area contributed by atoms with E-state index in [1.54, 1.807) is 29.2 Å². The summed E-state index contributed by atoms with van der Waals surface area (Å²) in [4.78, 5) is 27.6. The molecule has 1 fully saturated rings. The van der Waals surface area contributed by atoms with Gasteiger partial charge in [-0.1, -0.05) is 18.2 Å². The van der Waals surface area contributed by atoms with Gasteiger partial charge in [-0.25, -0.2) is 0 Å². The fourth-order valence-electron chi connectivity index (χ4n) is 2.88. The minimum Gasteiger partial charge on any atom is -0.372 e. The van der Waals surface area contributed by atoms with Gasteiger partial charge in [0.25, 0.3) is 11.8 Å². The van der Waals surface area contributed by atoms with Crippen LogP contribution in [0.4, 0.5) is 5.69 Å². The van der Waals surface area contributed by atoms with Crippen molar-refractivity contribution < 1.29 is 14.3 Å². The van der Waals surface area contributed by atoms with E-state index < -0.39 is 0 Å². The van der Waals surface area contributed by atoms with Crippen molar-refractivity contribution in [3.63, 3.8) is 0 Å². The molecular weight excluding hydrogens is 324 g/mol. The summed E-state index contributed by atoms with van der Waals surface area (Å²) < 4.78 is 5.68. The number of amides is 2. The molecule has 2 heterocycles. The van der Waals surface area contributed by atoms with Gasteiger partial charge >= 0.3 is 0 Å². The lowest BCUT2D eigenvalue weighted by molar-refractivity contribution is -0.0585. The topological polar surface area (TPSA) is 58.6 Å². The van der Waals surface area contributed by atoms with Crippen LogP contribution in [0.3, 0.4) is 0 Å². The Morgan fingerprint density at radius 1 is 1.12 bits per heavy atom. The first-order chi connectivity index (χ1) is 11.5. The predicted molar refractivity (Wildman–Crippen MR) is 94.6 cm³/mol. The van der Waals surface area contributed by atoms with Crippen LogP contribution < -0.4 is 5.32 Å². The van der Waals surface area contributed by atoms with Gasteiger partial charge in [0.1, 0.15) is 0 Å². The lowest BCUT2D eigenvalue weighted by Crippen LogP contribution is -2.48. The van der Waals surface area contributed by atoms with Crippen LogP contribution in [0.25, 0.3) is 0 Å². The van der Waals surface area contributed by atoms with Gasteiger partial charge in [-0.3, -0.25) is 9.59 Å². The van der Waals surface area contributed by atoms with Crippen molar-refractivity contribution in [2.24, 2.45) is 0 Å². The molecule has 1 aliphatic rings. The van der Waals surface area contributed by atoms with Gasteiger partial charge in [0.2, 0.25) is 0 Å². The molecule has 24 heavy (non-hydrogen) atoms. The van der Waals surface area contributed by atoms with Crippen LogP contribution in [0.2, 0.25) is 0 Å². The minimum absolute atomic E-state index is 0.00516. The Balaban J connectivity index is 1.81. The number of carbonyl (C=O) groups excluding carboxylic acids is 2. The first-order valence-electron chi connectivity index (χ1n) is 7.93. The van der Waals surface area contributed by atoms with Crippen molar-refractivity contribution in [1.82, 2.24) is 4.90 Å². The number of rotatable bonds is 3. The fourth-order valence-corrected chi connectivity index (χ4v) is 3.50. The van der Waals surface area contributed by atoms with E-state index in [2.05, 4.69) is 5.32 Å². The van der Waals surface area contributed by atoms with Crippen LogP contribution in [0.15, 0.2) is 41.8 Å². The van der Waals surface area contributed by atoms with E-state index in [9.17, 15) is 9.59 Å². The molecule has 0 spiro atoms. The maximum atomic E-state index is 12.9. The van der Waals surface area contributed by atoms with E-state index in [1.165, 1.54) is 11.3 Å². The predicted octanol–water partition coefficient (Wildman–Crippen LogP) is 3.25. The van der Waals surface area contributed by atoms with Crippen LogP contribution in [-0.2, 0) is 4.74 Å². The van der Waals surface area contributed by atoms with Gasteiger partial charge in [-0.05, 0) is 37.4 Å². The summed E-state index contributed by atoms with van der Waals surface area (Å²) >= 11 is 1.37. The quantitative estimate of drug-likeness (QED) is 0.930. The molecule has 2 unspecified atom stereocenters. The van der Waals surface area contributed by atoms with Gasteiger partial charge in [0.15, 0.2) is 0 Å². The zero-order chi connectivity index (χ0) is 17.1. The molecule has 2 amide bonds. The van der Waals surface area contributed by atoms with Gasteiger partial charge in [-0.15, -0.1) is 11.3 Å². The Morgan fingerprint density at radius 2 is 1.83 bits per heavy atom. The second-order valence-corrected chi connectivity index (χ2v) is 6.89. The summed E-state index contributed by atoms with van der Waals surface area (Å²) in [6.45, 7) is 5.02. The second-order valence-electron chi connectivity index (χ2n) is 5.94. The third kappa shape index (κ3) is 3.66. The highest BCUT2D eigenvalue weighted by molar-refractivity contribution is 7.12. The number of nitrogens with zero attached hydrogens (tertiary/aromatic N) is 1. The average molecular weight is 344 g/mol. The van der Waals surface area contributed by atoms with Crippen LogP contribution >= 0.6 is 11.3 Å². The minimum atomic E-state index is -0.200. The number of hydrogen-bond donors (Lipinski definition) is 1. The maximum absolute atomic E-state index is 12.9. The normalized spacial score (nSPS) is 20.7. The summed E-state index contributed by atoms with van der Waals surface area (Å²) in [5.41, 5.74) is 1.04. The molecule has 126 valence electrons. The van der Waals surface area contributed by atoms with E-state index in [1.807, 2.05) is 31.4 Å². The highest BCUT2D eigenvalue weighted by atomic mass is 32.1. The molecule has 1 aliphatic heterocycles. The van der Waals surface area contributed by atoms with Gasteiger partial charge in [-0.2, -0.15) is 0 Å². The van der Waals surface area contributed by atoms with Crippen LogP contribution in [0.1, 0.15) is 33.9 Å². The molecule has 2 atom stereocenters. The largest absolute Gasteiger partial charge is 0.372 e. The number of ether oxygens (including phenoxy) is 1. The number of morpholine rings is 1. The molecule has 1 saturated heterocycles. The molecule has 0 radical (unpaired) electrons. The molecule has 0 aliphatic carbocycles. The molecule has 1 N–H and O–H groups in total. The number of thiophene rings is 1. The number of hydrogen-bond acceptors (Lipinski definition) is 4. The molecule has 6 heteroatoms. The summed E-state index contributed by atoms with van der Waals surface area (Å²) in [6, 6.07) is 10.7. The first kappa shape index (κ1) is 16.7. The Bertz CT molecular complexity index is 720.